The number of anilines is 3. The molecule has 2 heterocycles. The van der Waals surface area contributed by atoms with Crippen molar-refractivity contribution in [2.45, 2.75) is 26.3 Å². The van der Waals surface area contributed by atoms with E-state index in [1.165, 1.54) is 0 Å². The summed E-state index contributed by atoms with van der Waals surface area (Å²) < 4.78 is 0. The van der Waals surface area contributed by atoms with E-state index in [-0.39, 0.29) is 11.9 Å². The molecule has 1 unspecified atom stereocenters. The monoisotopic (exact) mass is 292 g/mol. The highest BCUT2D eigenvalue weighted by molar-refractivity contribution is 5.74. The first-order valence-electron chi connectivity index (χ1n) is 7.24. The number of nitrogens with zero attached hydrogens (tertiary/aromatic N) is 2. The molecule has 1 aromatic heterocycles. The minimum atomic E-state index is 0.00796. The van der Waals surface area contributed by atoms with Gasteiger partial charge in [0.1, 0.15) is 5.82 Å². The molecule has 2 rings (SSSR count). The molecule has 0 aromatic carbocycles. The third-order valence-electron chi connectivity index (χ3n) is 3.62. The van der Waals surface area contributed by atoms with Crippen LogP contribution in [0.4, 0.5) is 17.2 Å². The number of hydrogen-bond donors (Lipinski definition) is 4. The Bertz CT molecular complexity index is 518. The van der Waals surface area contributed by atoms with Crippen LogP contribution in [0.3, 0.4) is 0 Å². The number of nitrogens with two attached hydrogens (primary N) is 2. The zero-order chi connectivity index (χ0) is 15.4. The normalized spacial score (nSPS) is 17.9. The van der Waals surface area contributed by atoms with Crippen LogP contribution in [0.25, 0.3) is 0 Å². The molecule has 7 nitrogen and oxygen atoms in total. The summed E-state index contributed by atoms with van der Waals surface area (Å²) in [5.41, 5.74) is 13.9. The van der Waals surface area contributed by atoms with Gasteiger partial charge in [-0.25, -0.2) is 4.98 Å². The maximum atomic E-state index is 11.1. The van der Waals surface area contributed by atoms with Crippen LogP contribution in [-0.4, -0.2) is 43.1 Å². The van der Waals surface area contributed by atoms with Crippen molar-refractivity contribution in [3.8, 4) is 0 Å². The molecule has 0 bridgehead atoms. The van der Waals surface area contributed by atoms with Crippen molar-refractivity contribution in [2.75, 3.05) is 42.1 Å². The van der Waals surface area contributed by atoms with E-state index in [0.29, 0.717) is 18.8 Å². The Balaban J connectivity index is 2.13. The molecular formula is C14H24N6O. The fraction of sp³-hybridized carbons (Fsp3) is 0.571. The van der Waals surface area contributed by atoms with Crippen molar-refractivity contribution in [1.82, 2.24) is 10.3 Å². The lowest BCUT2D eigenvalue weighted by atomic mass is 10.2. The molecule has 1 saturated heterocycles. The fourth-order valence-electron chi connectivity index (χ4n) is 2.55. The Kier molecular flexibility index (Phi) is 4.85. The smallest absolute Gasteiger partial charge is 0.217 e. The maximum absolute atomic E-state index is 11.1. The van der Waals surface area contributed by atoms with Gasteiger partial charge in [0.15, 0.2) is 0 Å². The molecule has 7 heteroatoms. The highest BCUT2D eigenvalue weighted by Gasteiger charge is 2.24. The first kappa shape index (κ1) is 15.4. The highest BCUT2D eigenvalue weighted by Crippen LogP contribution is 2.28. The molecule has 21 heavy (non-hydrogen) atoms. The summed E-state index contributed by atoms with van der Waals surface area (Å²) in [5, 5.41) is 6.18. The van der Waals surface area contributed by atoms with Crippen LogP contribution in [0, 0.1) is 6.92 Å². The van der Waals surface area contributed by atoms with Gasteiger partial charge < -0.3 is 27.0 Å². The summed E-state index contributed by atoms with van der Waals surface area (Å²) in [5.74, 6) is 0.891. The van der Waals surface area contributed by atoms with Crippen molar-refractivity contribution in [3.05, 3.63) is 11.8 Å². The van der Waals surface area contributed by atoms with Crippen molar-refractivity contribution < 1.29 is 4.79 Å². The number of aryl methyl sites for hydroxylation is 1. The molecule has 116 valence electrons. The zero-order valence-corrected chi connectivity index (χ0v) is 12.6. The quantitative estimate of drug-likeness (QED) is 0.611. The molecule has 0 saturated carbocycles. The zero-order valence-electron chi connectivity index (χ0n) is 12.6. The average molecular weight is 292 g/mol. The third-order valence-corrected chi connectivity index (χ3v) is 3.62. The summed E-state index contributed by atoms with van der Waals surface area (Å²) in [4.78, 5) is 17.9. The number of hydrogen-bond acceptors (Lipinski definition) is 6. The van der Waals surface area contributed by atoms with Crippen LogP contribution >= 0.6 is 0 Å². The van der Waals surface area contributed by atoms with E-state index < -0.39 is 0 Å². The minimum Gasteiger partial charge on any atom is -0.396 e. The topological polar surface area (TPSA) is 109 Å². The van der Waals surface area contributed by atoms with Crippen molar-refractivity contribution >= 4 is 23.1 Å². The van der Waals surface area contributed by atoms with Crippen molar-refractivity contribution in [2.24, 2.45) is 5.73 Å². The highest BCUT2D eigenvalue weighted by atomic mass is 16.1. The molecule has 1 amide bonds. The molecular weight excluding hydrogens is 268 g/mol. The predicted molar refractivity (Wildman–Crippen MR) is 85.4 cm³/mol. The van der Waals surface area contributed by atoms with Gasteiger partial charge in [0.05, 0.1) is 17.1 Å². The lowest BCUT2D eigenvalue weighted by Crippen LogP contribution is -2.35. The van der Waals surface area contributed by atoms with Gasteiger partial charge in [-0.1, -0.05) is 0 Å². The third kappa shape index (κ3) is 3.75. The van der Waals surface area contributed by atoms with Crippen molar-refractivity contribution in [3.63, 3.8) is 0 Å². The van der Waals surface area contributed by atoms with E-state index in [9.17, 15) is 4.79 Å². The SMILES string of the molecule is CC(=O)NC1CCN(c2cc(NCCN)c(N)c(C)n2)C1. The summed E-state index contributed by atoms with van der Waals surface area (Å²) in [6, 6.07) is 2.14. The lowest BCUT2D eigenvalue weighted by molar-refractivity contribution is -0.119. The first-order chi connectivity index (χ1) is 10.0. The van der Waals surface area contributed by atoms with Crippen LogP contribution in [0.1, 0.15) is 19.0 Å². The second-order valence-electron chi connectivity index (χ2n) is 5.37. The number of nitrogen functional groups attached to an aromatic ring is 1. The number of pyridine rings is 1. The molecule has 6 N–H and O–H groups in total. The second-order valence-corrected chi connectivity index (χ2v) is 5.37. The minimum absolute atomic E-state index is 0.00796. The van der Waals surface area contributed by atoms with Gasteiger partial charge in [0, 0.05) is 45.2 Å². The Morgan fingerprint density at radius 2 is 2.33 bits per heavy atom. The van der Waals surface area contributed by atoms with Gasteiger partial charge in [-0.05, 0) is 13.3 Å². The molecule has 0 spiro atoms. The van der Waals surface area contributed by atoms with Gasteiger partial charge in [-0.2, -0.15) is 0 Å². The summed E-state index contributed by atoms with van der Waals surface area (Å²) in [6.45, 7) is 6.30. The molecule has 1 fully saturated rings. The lowest BCUT2D eigenvalue weighted by Gasteiger charge is -2.21. The number of carbonyl (C=O) groups is 1. The standard InChI is InChI=1S/C14H24N6O/c1-9-14(16)12(17-5-4-15)7-13(18-9)20-6-3-11(8-20)19-10(2)21/h7,11H,3-6,8,15-16H2,1-2H3,(H,17,18)(H,19,21). The Morgan fingerprint density at radius 3 is 3.00 bits per heavy atom. The van der Waals surface area contributed by atoms with Crippen LogP contribution in [0.15, 0.2) is 6.07 Å². The molecule has 1 aromatic rings. The number of rotatable bonds is 5. The first-order valence-corrected chi connectivity index (χ1v) is 7.24. The van der Waals surface area contributed by atoms with Crippen LogP contribution in [0.2, 0.25) is 0 Å². The maximum Gasteiger partial charge on any atom is 0.217 e. The second kappa shape index (κ2) is 6.62. The van der Waals surface area contributed by atoms with E-state index >= 15 is 0 Å². The van der Waals surface area contributed by atoms with E-state index in [4.69, 9.17) is 11.5 Å². The van der Waals surface area contributed by atoms with Gasteiger partial charge in [0.25, 0.3) is 0 Å². The molecule has 1 atom stereocenters. The van der Waals surface area contributed by atoms with E-state index in [2.05, 4.69) is 20.5 Å². The Morgan fingerprint density at radius 1 is 1.57 bits per heavy atom. The van der Waals surface area contributed by atoms with E-state index in [0.717, 1.165) is 36.7 Å². The number of amides is 1. The van der Waals surface area contributed by atoms with Gasteiger partial charge >= 0.3 is 0 Å². The van der Waals surface area contributed by atoms with Gasteiger partial charge in [-0.3, -0.25) is 4.79 Å². The van der Waals surface area contributed by atoms with Crippen LogP contribution < -0.4 is 27.0 Å². The van der Waals surface area contributed by atoms with Gasteiger partial charge in [0.2, 0.25) is 5.91 Å². The van der Waals surface area contributed by atoms with Crippen LogP contribution in [0.5, 0.6) is 0 Å². The Hall–Kier alpha value is -2.02. The summed E-state index contributed by atoms with van der Waals surface area (Å²) in [7, 11) is 0. The molecule has 0 radical (unpaired) electrons. The number of nitrogens with one attached hydrogen (secondary N) is 2. The molecule has 1 aliphatic heterocycles. The average Bonchev–Trinajstić information content (AvgIpc) is 2.88. The van der Waals surface area contributed by atoms with E-state index in [1.54, 1.807) is 6.92 Å². The fourth-order valence-corrected chi connectivity index (χ4v) is 2.55. The summed E-state index contributed by atoms with van der Waals surface area (Å²) >= 11 is 0. The van der Waals surface area contributed by atoms with Crippen LogP contribution in [-0.2, 0) is 4.79 Å². The predicted octanol–water partition coefficient (Wildman–Crippen LogP) is 0.0576. The molecule has 0 aliphatic carbocycles. The Labute approximate surface area is 125 Å². The van der Waals surface area contributed by atoms with Crippen molar-refractivity contribution in [1.29, 1.82) is 0 Å². The molecule has 1 aliphatic rings. The van der Waals surface area contributed by atoms with Gasteiger partial charge in [-0.15, -0.1) is 0 Å². The van der Waals surface area contributed by atoms with E-state index in [1.807, 2.05) is 13.0 Å². The largest absolute Gasteiger partial charge is 0.396 e. The number of aromatic nitrogens is 1. The number of carbonyl (C=O) groups excluding carboxylic acids is 1. The summed E-state index contributed by atoms with van der Waals surface area (Å²) in [6.07, 6.45) is 0.927.